The summed E-state index contributed by atoms with van der Waals surface area (Å²) in [6.07, 6.45) is 1.01. The molecule has 2 N–H and O–H groups in total. The molecule has 0 aliphatic carbocycles. The molecule has 0 heterocycles. The van der Waals surface area contributed by atoms with Crippen LogP contribution in [0.3, 0.4) is 0 Å². The topological polar surface area (TPSA) is 24.1 Å². The van der Waals surface area contributed by atoms with E-state index in [0.29, 0.717) is 5.11 Å². The molecule has 0 aromatic heterocycles. The Hall–Kier alpha value is -1.58. The van der Waals surface area contributed by atoms with Crippen molar-refractivity contribution in [3.8, 4) is 0 Å². The first-order valence-corrected chi connectivity index (χ1v) is 7.79. The van der Waals surface area contributed by atoms with Crippen molar-refractivity contribution in [3.05, 3.63) is 64.7 Å². The lowest BCUT2D eigenvalue weighted by molar-refractivity contribution is 0.722. The summed E-state index contributed by atoms with van der Waals surface area (Å²) >= 11 is 11.3. The molecule has 0 aliphatic heterocycles. The minimum atomic E-state index is 0.122. The zero-order valence-corrected chi connectivity index (χ0v) is 13.8. The van der Waals surface area contributed by atoms with Gasteiger partial charge in [-0.3, -0.25) is 0 Å². The van der Waals surface area contributed by atoms with Gasteiger partial charge in [-0.1, -0.05) is 42.8 Å². The zero-order valence-electron chi connectivity index (χ0n) is 12.2. The lowest BCUT2D eigenvalue weighted by atomic mass is 10.1. The van der Waals surface area contributed by atoms with Crippen molar-refractivity contribution in [1.29, 1.82) is 0 Å². The van der Waals surface area contributed by atoms with Crippen LogP contribution in [0.15, 0.2) is 48.5 Å². The maximum atomic E-state index is 5.90. The van der Waals surface area contributed by atoms with Crippen LogP contribution in [0.5, 0.6) is 0 Å². The number of nitrogens with one attached hydrogen (secondary N) is 2. The molecule has 0 amide bonds. The van der Waals surface area contributed by atoms with Gasteiger partial charge in [-0.05, 0) is 61.0 Å². The standard InChI is InChI=1S/C17H19ClN2S/c1-3-13-5-4-6-16(11-13)20-17(21)19-12(2)14-7-9-15(18)10-8-14/h4-12H,3H2,1-2H3,(H2,19,20,21)/t12-/m0/s1. The Kier molecular flexibility index (Phi) is 5.59. The second-order valence-electron chi connectivity index (χ2n) is 4.93. The third kappa shape index (κ3) is 4.73. The first-order valence-electron chi connectivity index (χ1n) is 7.00. The van der Waals surface area contributed by atoms with Crippen molar-refractivity contribution in [2.75, 3.05) is 5.32 Å². The van der Waals surface area contributed by atoms with E-state index < -0.39 is 0 Å². The molecule has 0 aliphatic rings. The molecule has 0 radical (unpaired) electrons. The highest BCUT2D eigenvalue weighted by Gasteiger charge is 2.07. The van der Waals surface area contributed by atoms with Crippen LogP contribution in [-0.2, 0) is 6.42 Å². The number of anilines is 1. The van der Waals surface area contributed by atoms with Gasteiger partial charge in [-0.25, -0.2) is 0 Å². The van der Waals surface area contributed by atoms with Crippen molar-refractivity contribution < 1.29 is 0 Å². The van der Waals surface area contributed by atoms with E-state index in [9.17, 15) is 0 Å². The van der Waals surface area contributed by atoms with Crippen LogP contribution in [-0.4, -0.2) is 5.11 Å². The Balaban J connectivity index is 1.96. The zero-order chi connectivity index (χ0) is 15.2. The van der Waals surface area contributed by atoms with Gasteiger partial charge in [-0.15, -0.1) is 0 Å². The van der Waals surface area contributed by atoms with Crippen molar-refractivity contribution in [2.45, 2.75) is 26.3 Å². The summed E-state index contributed by atoms with van der Waals surface area (Å²) in [6, 6.07) is 16.2. The summed E-state index contributed by atoms with van der Waals surface area (Å²) in [5, 5.41) is 7.86. The molecule has 110 valence electrons. The molecule has 4 heteroatoms. The highest BCUT2D eigenvalue weighted by molar-refractivity contribution is 7.80. The van der Waals surface area contributed by atoms with Gasteiger partial charge < -0.3 is 10.6 Å². The molecule has 2 aromatic carbocycles. The van der Waals surface area contributed by atoms with Crippen molar-refractivity contribution in [2.24, 2.45) is 0 Å². The van der Waals surface area contributed by atoms with Gasteiger partial charge in [0.1, 0.15) is 0 Å². The lowest BCUT2D eigenvalue weighted by Crippen LogP contribution is -2.30. The predicted molar refractivity (Wildman–Crippen MR) is 95.0 cm³/mol. The van der Waals surface area contributed by atoms with Crippen LogP contribution < -0.4 is 10.6 Å². The summed E-state index contributed by atoms with van der Waals surface area (Å²) in [4.78, 5) is 0. The van der Waals surface area contributed by atoms with E-state index in [1.807, 2.05) is 36.4 Å². The molecular weight excluding hydrogens is 300 g/mol. The minimum absolute atomic E-state index is 0.122. The third-order valence-electron chi connectivity index (χ3n) is 3.31. The Bertz CT molecular complexity index is 610. The molecule has 2 aromatic rings. The molecule has 0 saturated carbocycles. The van der Waals surface area contributed by atoms with Gasteiger partial charge >= 0.3 is 0 Å². The third-order valence-corrected chi connectivity index (χ3v) is 3.78. The second kappa shape index (κ2) is 7.43. The number of benzene rings is 2. The van der Waals surface area contributed by atoms with Crippen LogP contribution in [0.25, 0.3) is 0 Å². The summed E-state index contributed by atoms with van der Waals surface area (Å²) in [5.74, 6) is 0. The molecular formula is C17H19ClN2S. The monoisotopic (exact) mass is 318 g/mol. The van der Waals surface area contributed by atoms with Crippen LogP contribution >= 0.6 is 23.8 Å². The molecule has 0 unspecified atom stereocenters. The van der Waals surface area contributed by atoms with Crippen LogP contribution in [0.2, 0.25) is 5.02 Å². The van der Waals surface area contributed by atoms with Gasteiger partial charge in [0.2, 0.25) is 0 Å². The molecule has 0 bridgehead atoms. The number of rotatable bonds is 4. The minimum Gasteiger partial charge on any atom is -0.356 e. The molecule has 1 atom stereocenters. The Morgan fingerprint density at radius 3 is 2.57 bits per heavy atom. The van der Waals surface area contributed by atoms with Gasteiger partial charge in [0.05, 0.1) is 6.04 Å². The Labute approximate surface area is 136 Å². The van der Waals surface area contributed by atoms with Crippen molar-refractivity contribution in [1.82, 2.24) is 5.32 Å². The van der Waals surface area contributed by atoms with Gasteiger partial charge in [0.15, 0.2) is 5.11 Å². The highest BCUT2D eigenvalue weighted by Crippen LogP contribution is 2.16. The van der Waals surface area contributed by atoms with E-state index in [-0.39, 0.29) is 6.04 Å². The molecule has 2 nitrogen and oxygen atoms in total. The van der Waals surface area contributed by atoms with E-state index in [2.05, 4.69) is 36.6 Å². The predicted octanol–water partition coefficient (Wildman–Crippen LogP) is 4.95. The average Bonchev–Trinajstić information content (AvgIpc) is 2.47. The maximum absolute atomic E-state index is 5.90. The number of aryl methyl sites for hydroxylation is 1. The van der Waals surface area contributed by atoms with E-state index in [1.165, 1.54) is 5.56 Å². The first-order chi connectivity index (χ1) is 10.1. The Morgan fingerprint density at radius 1 is 1.19 bits per heavy atom. The van der Waals surface area contributed by atoms with E-state index in [4.69, 9.17) is 23.8 Å². The van der Waals surface area contributed by atoms with Crippen LogP contribution in [0.1, 0.15) is 31.0 Å². The highest BCUT2D eigenvalue weighted by atomic mass is 35.5. The molecule has 0 saturated heterocycles. The van der Waals surface area contributed by atoms with Gasteiger partial charge in [0, 0.05) is 10.7 Å². The lowest BCUT2D eigenvalue weighted by Gasteiger charge is -2.17. The molecule has 2 rings (SSSR count). The molecule has 21 heavy (non-hydrogen) atoms. The Morgan fingerprint density at radius 2 is 1.90 bits per heavy atom. The molecule has 0 spiro atoms. The van der Waals surface area contributed by atoms with Gasteiger partial charge in [0.25, 0.3) is 0 Å². The van der Waals surface area contributed by atoms with Crippen LogP contribution in [0.4, 0.5) is 5.69 Å². The smallest absolute Gasteiger partial charge is 0.171 e. The van der Waals surface area contributed by atoms with Crippen LogP contribution in [0, 0.1) is 0 Å². The fourth-order valence-corrected chi connectivity index (χ4v) is 2.49. The van der Waals surface area contributed by atoms with Gasteiger partial charge in [-0.2, -0.15) is 0 Å². The SMILES string of the molecule is CCc1cccc(NC(=S)N[C@@H](C)c2ccc(Cl)cc2)c1. The normalized spacial score (nSPS) is 11.8. The quantitative estimate of drug-likeness (QED) is 0.780. The van der Waals surface area contributed by atoms with Crippen molar-refractivity contribution in [3.63, 3.8) is 0 Å². The van der Waals surface area contributed by atoms with E-state index in [1.54, 1.807) is 0 Å². The fraction of sp³-hybridized carbons (Fsp3) is 0.235. The summed E-state index contributed by atoms with van der Waals surface area (Å²) in [7, 11) is 0. The van der Waals surface area contributed by atoms with Crippen molar-refractivity contribution >= 4 is 34.6 Å². The summed E-state index contributed by atoms with van der Waals surface area (Å²) < 4.78 is 0. The largest absolute Gasteiger partial charge is 0.356 e. The van der Waals surface area contributed by atoms with E-state index in [0.717, 1.165) is 22.7 Å². The number of hydrogen-bond donors (Lipinski definition) is 2. The van der Waals surface area contributed by atoms with E-state index >= 15 is 0 Å². The summed E-state index contributed by atoms with van der Waals surface area (Å²) in [6.45, 7) is 4.21. The number of hydrogen-bond acceptors (Lipinski definition) is 1. The summed E-state index contributed by atoms with van der Waals surface area (Å²) in [5.41, 5.74) is 3.44. The molecule has 0 fully saturated rings. The number of halogens is 1. The first kappa shape index (κ1) is 15.8. The maximum Gasteiger partial charge on any atom is 0.171 e. The average molecular weight is 319 g/mol. The number of thiocarbonyl (C=S) groups is 1. The second-order valence-corrected chi connectivity index (χ2v) is 5.77. The fourth-order valence-electron chi connectivity index (χ4n) is 2.07.